The van der Waals surface area contributed by atoms with Gasteiger partial charge in [-0.2, -0.15) is 13.2 Å². The number of carboxylic acid groups (broad SMARTS) is 1. The minimum Gasteiger partial charge on any atom is -0.480 e. The van der Waals surface area contributed by atoms with E-state index in [1.54, 1.807) is 0 Å². The first-order chi connectivity index (χ1) is 12.9. The average molecular weight is 399 g/mol. The largest absolute Gasteiger partial charge is 0.480 e. The number of nitrogens with one attached hydrogen (secondary N) is 1. The van der Waals surface area contributed by atoms with E-state index in [4.69, 9.17) is 0 Å². The van der Waals surface area contributed by atoms with Crippen LogP contribution >= 0.6 is 0 Å². The Kier molecular flexibility index (Phi) is 6.01. The van der Waals surface area contributed by atoms with Gasteiger partial charge in [0.15, 0.2) is 0 Å². The molecule has 0 bridgehead atoms. The molecule has 0 saturated carbocycles. The zero-order valence-electron chi connectivity index (χ0n) is 15.5. The lowest BCUT2D eigenvalue weighted by Gasteiger charge is -2.26. The van der Waals surface area contributed by atoms with Crippen LogP contribution in [0, 0.1) is 0 Å². The standard InChI is InChI=1S/C18H20F3N3O4/c1-10(17(27)28)24(7-6-22-11(2)25)16(26)15-9-12-8-13(18(19,20)21)4-5-14(12)23(15)3/h4-5,8-10H,6-7H2,1-3H3,(H,22,25)(H,27,28). The number of nitrogens with zero attached hydrogens (tertiary/aromatic N) is 2. The molecule has 1 aromatic heterocycles. The Balaban J connectivity index is 2.42. The van der Waals surface area contributed by atoms with E-state index >= 15 is 0 Å². The predicted molar refractivity (Wildman–Crippen MR) is 94.7 cm³/mol. The lowest BCUT2D eigenvalue weighted by molar-refractivity contribution is -0.141. The summed E-state index contributed by atoms with van der Waals surface area (Å²) >= 11 is 0. The third kappa shape index (κ3) is 4.44. The first-order valence-corrected chi connectivity index (χ1v) is 8.38. The molecule has 152 valence electrons. The Morgan fingerprint density at radius 2 is 1.89 bits per heavy atom. The van der Waals surface area contributed by atoms with Gasteiger partial charge in [-0.3, -0.25) is 9.59 Å². The maximum absolute atomic E-state index is 12.9. The van der Waals surface area contributed by atoms with E-state index in [1.165, 1.54) is 37.6 Å². The Morgan fingerprint density at radius 3 is 2.43 bits per heavy atom. The van der Waals surface area contributed by atoms with Crippen molar-refractivity contribution in [2.24, 2.45) is 7.05 Å². The number of aromatic nitrogens is 1. The molecular formula is C18H20F3N3O4. The van der Waals surface area contributed by atoms with E-state index in [0.717, 1.165) is 17.0 Å². The Labute approximate surface area is 158 Å². The highest BCUT2D eigenvalue weighted by atomic mass is 19.4. The van der Waals surface area contributed by atoms with Gasteiger partial charge in [-0.25, -0.2) is 4.79 Å². The van der Waals surface area contributed by atoms with Crippen LogP contribution in [0.15, 0.2) is 24.3 Å². The van der Waals surface area contributed by atoms with E-state index in [2.05, 4.69) is 5.32 Å². The van der Waals surface area contributed by atoms with Crippen LogP contribution in [-0.2, 0) is 22.8 Å². The minimum atomic E-state index is -4.52. The highest BCUT2D eigenvalue weighted by molar-refractivity contribution is 6.00. The van der Waals surface area contributed by atoms with Crippen molar-refractivity contribution in [3.63, 3.8) is 0 Å². The van der Waals surface area contributed by atoms with Gasteiger partial charge in [0.25, 0.3) is 5.91 Å². The van der Waals surface area contributed by atoms with Gasteiger partial charge in [0.1, 0.15) is 11.7 Å². The number of carbonyl (C=O) groups excluding carboxylic acids is 2. The summed E-state index contributed by atoms with van der Waals surface area (Å²) < 4.78 is 40.2. The number of alkyl halides is 3. The molecule has 0 aliphatic heterocycles. The third-order valence-corrected chi connectivity index (χ3v) is 4.40. The second kappa shape index (κ2) is 7.91. The number of carboxylic acids is 1. The van der Waals surface area contributed by atoms with Gasteiger partial charge in [0.05, 0.1) is 5.56 Å². The van der Waals surface area contributed by atoms with Gasteiger partial charge in [0.2, 0.25) is 5.91 Å². The van der Waals surface area contributed by atoms with Gasteiger partial charge < -0.3 is 19.9 Å². The monoisotopic (exact) mass is 399 g/mol. The number of hydrogen-bond acceptors (Lipinski definition) is 3. The number of carbonyl (C=O) groups is 3. The molecule has 1 atom stereocenters. The maximum atomic E-state index is 12.9. The molecule has 1 heterocycles. The van der Waals surface area contributed by atoms with Crippen molar-refractivity contribution in [3.8, 4) is 0 Å². The topological polar surface area (TPSA) is 91.6 Å². The SMILES string of the molecule is CC(=O)NCCN(C(=O)c1cc2cc(C(F)(F)F)ccc2n1C)C(C)C(=O)O. The van der Waals surface area contributed by atoms with Crippen LogP contribution in [0.25, 0.3) is 10.9 Å². The molecule has 7 nitrogen and oxygen atoms in total. The molecule has 2 rings (SSSR count). The van der Waals surface area contributed by atoms with Crippen LogP contribution in [0.5, 0.6) is 0 Å². The smallest absolute Gasteiger partial charge is 0.416 e. The number of fused-ring (bicyclic) bond motifs is 1. The number of aryl methyl sites for hydroxylation is 1. The molecule has 0 fully saturated rings. The van der Waals surface area contributed by atoms with E-state index in [1.807, 2.05) is 0 Å². The molecule has 0 radical (unpaired) electrons. The highest BCUT2D eigenvalue weighted by Crippen LogP contribution is 2.32. The molecule has 2 aromatic rings. The summed E-state index contributed by atoms with van der Waals surface area (Å²) in [5, 5.41) is 12.0. The molecule has 10 heteroatoms. The second-order valence-corrected chi connectivity index (χ2v) is 6.36. The van der Waals surface area contributed by atoms with Crippen molar-refractivity contribution in [2.75, 3.05) is 13.1 Å². The van der Waals surface area contributed by atoms with Crippen LogP contribution in [0.4, 0.5) is 13.2 Å². The molecule has 0 aliphatic rings. The van der Waals surface area contributed by atoms with Crippen LogP contribution in [0.2, 0.25) is 0 Å². The Bertz CT molecular complexity index is 921. The summed E-state index contributed by atoms with van der Waals surface area (Å²) in [6, 6.07) is 3.23. The highest BCUT2D eigenvalue weighted by Gasteiger charge is 2.32. The number of halogens is 3. The summed E-state index contributed by atoms with van der Waals surface area (Å²) in [7, 11) is 1.51. The zero-order valence-corrected chi connectivity index (χ0v) is 15.5. The fraction of sp³-hybridized carbons (Fsp3) is 0.389. The van der Waals surface area contributed by atoms with Gasteiger partial charge >= 0.3 is 12.1 Å². The van der Waals surface area contributed by atoms with Crippen molar-refractivity contribution in [1.29, 1.82) is 0 Å². The summed E-state index contributed by atoms with van der Waals surface area (Å²) in [5.74, 6) is -2.23. The summed E-state index contributed by atoms with van der Waals surface area (Å²) in [4.78, 5) is 36.4. The van der Waals surface area contributed by atoms with Crippen molar-refractivity contribution in [2.45, 2.75) is 26.1 Å². The normalized spacial score (nSPS) is 12.6. The number of hydrogen-bond donors (Lipinski definition) is 2. The van der Waals surface area contributed by atoms with Gasteiger partial charge in [-0.05, 0) is 31.2 Å². The van der Waals surface area contributed by atoms with Crippen LogP contribution in [0.3, 0.4) is 0 Å². The summed E-state index contributed by atoms with van der Waals surface area (Å²) in [5.41, 5.74) is -0.391. The maximum Gasteiger partial charge on any atom is 0.416 e. The van der Waals surface area contributed by atoms with E-state index in [-0.39, 0.29) is 30.1 Å². The molecular weight excluding hydrogens is 379 g/mol. The zero-order chi connectivity index (χ0) is 21.2. The quantitative estimate of drug-likeness (QED) is 0.780. The third-order valence-electron chi connectivity index (χ3n) is 4.40. The van der Waals surface area contributed by atoms with E-state index < -0.39 is 29.7 Å². The number of rotatable bonds is 6. The molecule has 2 amide bonds. The molecule has 1 aromatic carbocycles. The lowest BCUT2D eigenvalue weighted by atomic mass is 10.1. The number of benzene rings is 1. The molecule has 0 aliphatic carbocycles. The van der Waals surface area contributed by atoms with Crippen molar-refractivity contribution >= 4 is 28.7 Å². The lowest BCUT2D eigenvalue weighted by Crippen LogP contribution is -2.47. The van der Waals surface area contributed by atoms with E-state index in [9.17, 15) is 32.7 Å². The van der Waals surface area contributed by atoms with Crippen molar-refractivity contribution in [3.05, 3.63) is 35.5 Å². The molecule has 2 N–H and O–H groups in total. The Morgan fingerprint density at radius 1 is 1.25 bits per heavy atom. The fourth-order valence-corrected chi connectivity index (χ4v) is 2.83. The van der Waals surface area contributed by atoms with Crippen LogP contribution < -0.4 is 5.32 Å². The average Bonchev–Trinajstić information content (AvgIpc) is 2.93. The van der Waals surface area contributed by atoms with Gasteiger partial charge in [0, 0.05) is 38.0 Å². The van der Waals surface area contributed by atoms with Gasteiger partial charge in [-0.1, -0.05) is 0 Å². The first kappa shape index (κ1) is 21.3. The molecule has 0 spiro atoms. The molecule has 28 heavy (non-hydrogen) atoms. The second-order valence-electron chi connectivity index (χ2n) is 6.36. The molecule has 0 saturated heterocycles. The van der Waals surface area contributed by atoms with Crippen molar-refractivity contribution in [1.82, 2.24) is 14.8 Å². The number of aliphatic carboxylic acids is 1. The first-order valence-electron chi connectivity index (χ1n) is 8.38. The minimum absolute atomic E-state index is 0.0425. The fourth-order valence-electron chi connectivity index (χ4n) is 2.83. The summed E-state index contributed by atoms with van der Waals surface area (Å²) in [6.07, 6.45) is -4.52. The van der Waals surface area contributed by atoms with Crippen LogP contribution in [-0.4, -0.2) is 51.5 Å². The van der Waals surface area contributed by atoms with E-state index in [0.29, 0.717) is 5.52 Å². The summed E-state index contributed by atoms with van der Waals surface area (Å²) in [6.45, 7) is 2.58. The van der Waals surface area contributed by atoms with Crippen molar-refractivity contribution < 1.29 is 32.7 Å². The Hall–Kier alpha value is -3.04. The van der Waals surface area contributed by atoms with Crippen LogP contribution in [0.1, 0.15) is 29.9 Å². The van der Waals surface area contributed by atoms with Gasteiger partial charge in [-0.15, -0.1) is 0 Å². The predicted octanol–water partition coefficient (Wildman–Crippen LogP) is 2.25. The number of amides is 2. The molecule has 1 unspecified atom stereocenters.